The number of aromatic carboxylic acids is 1. The zero-order valence-electron chi connectivity index (χ0n) is 22.4. The number of rotatable bonds is 5. The van der Waals surface area contributed by atoms with Crippen molar-refractivity contribution in [2.75, 3.05) is 23.9 Å². The molecule has 2 aliphatic rings. The minimum Gasteiger partial charge on any atom is -0.477 e. The molecule has 42 heavy (non-hydrogen) atoms. The molecule has 0 aliphatic carbocycles. The van der Waals surface area contributed by atoms with E-state index in [1.807, 2.05) is 42.5 Å². The fourth-order valence-electron chi connectivity index (χ4n) is 5.60. The number of carboxylic acids is 1. The molecule has 0 saturated carbocycles. The fraction of sp³-hybridized carbons (Fsp3) is 0.226. The van der Waals surface area contributed by atoms with Gasteiger partial charge in [-0.15, -0.1) is 11.3 Å². The molecule has 2 aromatic carbocycles. The lowest BCUT2D eigenvalue weighted by atomic mass is 9.74. The summed E-state index contributed by atoms with van der Waals surface area (Å²) >= 11 is 0.879. The minimum absolute atomic E-state index is 0.0415. The van der Waals surface area contributed by atoms with Crippen molar-refractivity contribution in [3.63, 3.8) is 0 Å². The number of likely N-dealkylation sites (tertiary alicyclic amines) is 1. The molecule has 1 spiro atoms. The number of sulfonamides is 1. The fourth-order valence-corrected chi connectivity index (χ4v) is 8.27. The molecule has 2 aromatic heterocycles. The molecule has 0 atom stereocenters. The maximum absolute atomic E-state index is 13.7. The number of furan rings is 1. The lowest BCUT2D eigenvalue weighted by molar-refractivity contribution is 0.0641. The highest BCUT2D eigenvalue weighted by Crippen LogP contribution is 2.49. The number of hydrogen-bond acceptors (Lipinski definition) is 7. The van der Waals surface area contributed by atoms with Gasteiger partial charge in [0.05, 0.1) is 10.6 Å². The van der Waals surface area contributed by atoms with Crippen LogP contribution in [0.25, 0.3) is 0 Å². The van der Waals surface area contributed by atoms with Gasteiger partial charge in [0.2, 0.25) is 0 Å². The van der Waals surface area contributed by atoms with Gasteiger partial charge in [-0.25, -0.2) is 13.2 Å². The summed E-state index contributed by atoms with van der Waals surface area (Å²) in [5.74, 6) is 5.16. The summed E-state index contributed by atoms with van der Waals surface area (Å²) in [6.07, 6.45) is 1.08. The summed E-state index contributed by atoms with van der Waals surface area (Å²) in [7, 11) is -4.01. The van der Waals surface area contributed by atoms with E-state index >= 15 is 0 Å². The Balaban J connectivity index is 1.23. The van der Waals surface area contributed by atoms with Gasteiger partial charge in [-0.1, -0.05) is 36.3 Å². The van der Waals surface area contributed by atoms with Crippen molar-refractivity contribution < 1.29 is 27.5 Å². The quantitative estimate of drug-likeness (QED) is 0.326. The number of amides is 1. The minimum atomic E-state index is -4.01. The maximum atomic E-state index is 13.7. The Morgan fingerprint density at radius 2 is 1.79 bits per heavy atom. The van der Waals surface area contributed by atoms with E-state index in [1.54, 1.807) is 23.1 Å². The first-order valence-corrected chi connectivity index (χ1v) is 15.7. The smallest absolute Gasteiger partial charge is 0.345 e. The van der Waals surface area contributed by atoms with Crippen molar-refractivity contribution >= 4 is 38.9 Å². The molecule has 1 amide bonds. The zero-order chi connectivity index (χ0) is 29.5. The normalized spacial score (nSPS) is 15.7. The van der Waals surface area contributed by atoms with Gasteiger partial charge in [0.25, 0.3) is 15.9 Å². The van der Waals surface area contributed by atoms with E-state index in [0.717, 1.165) is 28.0 Å². The average Bonchev–Trinajstić information content (AvgIpc) is 3.76. The lowest BCUT2D eigenvalue weighted by Crippen LogP contribution is -2.47. The molecule has 4 heterocycles. The zero-order valence-corrected chi connectivity index (χ0v) is 24.1. The van der Waals surface area contributed by atoms with Crippen molar-refractivity contribution in [2.24, 2.45) is 5.73 Å². The molecule has 2 aliphatic heterocycles. The predicted octanol–water partition coefficient (Wildman–Crippen LogP) is 4.28. The summed E-state index contributed by atoms with van der Waals surface area (Å²) in [6, 6.07) is 19.5. The van der Waals surface area contributed by atoms with E-state index in [2.05, 4.69) is 11.8 Å². The molecule has 4 aromatic rings. The van der Waals surface area contributed by atoms with Gasteiger partial charge in [-0.2, -0.15) is 0 Å². The number of piperidine rings is 1. The Hall–Kier alpha value is -4.37. The molecule has 1 fully saturated rings. The lowest BCUT2D eigenvalue weighted by Gasteiger charge is -2.39. The first-order chi connectivity index (χ1) is 20.2. The number of fused-ring (bicyclic) bond motifs is 2. The molecule has 1 saturated heterocycles. The van der Waals surface area contributed by atoms with Crippen molar-refractivity contribution in [1.82, 2.24) is 4.90 Å². The molecular formula is C31H27N3O6S2. The Morgan fingerprint density at radius 3 is 2.48 bits per heavy atom. The van der Waals surface area contributed by atoms with E-state index in [-0.39, 0.29) is 28.0 Å². The predicted molar refractivity (Wildman–Crippen MR) is 158 cm³/mol. The summed E-state index contributed by atoms with van der Waals surface area (Å²) < 4.78 is 34.6. The third kappa shape index (κ3) is 4.98. The molecule has 0 bridgehead atoms. The monoisotopic (exact) mass is 601 g/mol. The third-order valence-electron chi connectivity index (χ3n) is 7.89. The highest BCUT2D eigenvalue weighted by Gasteiger charge is 2.49. The summed E-state index contributed by atoms with van der Waals surface area (Å²) in [4.78, 5) is 26.3. The van der Waals surface area contributed by atoms with Crippen LogP contribution in [0.2, 0.25) is 0 Å². The van der Waals surface area contributed by atoms with Gasteiger partial charge in [-0.3, -0.25) is 9.10 Å². The Bertz CT molecular complexity index is 1840. The molecule has 6 rings (SSSR count). The number of carbonyl (C=O) groups is 2. The van der Waals surface area contributed by atoms with Crippen LogP contribution in [0.4, 0.5) is 5.69 Å². The number of anilines is 1. The third-order valence-corrected chi connectivity index (χ3v) is 10.7. The Labute approximate surface area is 247 Å². The topological polar surface area (TPSA) is 134 Å². The summed E-state index contributed by atoms with van der Waals surface area (Å²) in [5.41, 5.74) is 8.57. The van der Waals surface area contributed by atoms with E-state index in [0.29, 0.717) is 43.9 Å². The number of hydrogen-bond donors (Lipinski definition) is 2. The molecule has 214 valence electrons. The number of nitrogens with two attached hydrogens (primary N) is 1. The molecule has 0 unspecified atom stereocenters. The molecule has 0 radical (unpaired) electrons. The van der Waals surface area contributed by atoms with Crippen LogP contribution in [-0.4, -0.2) is 49.9 Å². The van der Waals surface area contributed by atoms with E-state index in [9.17, 15) is 23.1 Å². The molecule has 11 heteroatoms. The van der Waals surface area contributed by atoms with Crippen molar-refractivity contribution in [2.45, 2.75) is 29.7 Å². The van der Waals surface area contributed by atoms with Crippen molar-refractivity contribution in [3.05, 3.63) is 105 Å². The summed E-state index contributed by atoms with van der Waals surface area (Å²) in [5, 5.41) is 10.7. The van der Waals surface area contributed by atoms with Crippen LogP contribution in [0, 0.1) is 11.8 Å². The molecule has 3 N–H and O–H groups in total. The first-order valence-electron chi connectivity index (χ1n) is 13.3. The number of benzene rings is 2. The molecular weight excluding hydrogens is 574 g/mol. The second-order valence-electron chi connectivity index (χ2n) is 10.4. The van der Waals surface area contributed by atoms with Crippen molar-refractivity contribution in [1.29, 1.82) is 0 Å². The maximum Gasteiger partial charge on any atom is 0.345 e. The molecule has 9 nitrogen and oxygen atoms in total. The number of carboxylic acid groups (broad SMARTS) is 1. The van der Waals surface area contributed by atoms with Crippen LogP contribution >= 0.6 is 11.3 Å². The van der Waals surface area contributed by atoms with Crippen LogP contribution in [0.1, 0.15) is 55.5 Å². The van der Waals surface area contributed by atoms with Gasteiger partial charge in [0.1, 0.15) is 4.88 Å². The van der Waals surface area contributed by atoms with Gasteiger partial charge in [0.15, 0.2) is 11.5 Å². The summed E-state index contributed by atoms with van der Waals surface area (Å²) in [6.45, 7) is 1.32. The van der Waals surface area contributed by atoms with Gasteiger partial charge >= 0.3 is 5.97 Å². The highest BCUT2D eigenvalue weighted by molar-refractivity contribution is 7.93. The first kappa shape index (κ1) is 27.8. The van der Waals surface area contributed by atoms with Crippen LogP contribution in [0.5, 0.6) is 0 Å². The standard InChI is InChI=1S/C31H27N3O6S2/c32-18-22-7-10-26-25(16-22)31(20-34(26)42(38,39)24-17-28(30(36)37)41-19-24)12-14-33(15-13-31)29(35)27-11-9-23(40-27)8-6-21-4-2-1-3-5-21/h1-5,7,9-11,16-17,19H,12-15,18,20,32H2,(H,36,37). The Kier molecular flexibility index (Phi) is 7.14. The van der Waals surface area contributed by atoms with Gasteiger partial charge < -0.3 is 20.2 Å². The number of thiophene rings is 1. The van der Waals surface area contributed by atoms with Gasteiger partial charge in [-0.05, 0) is 66.3 Å². The Morgan fingerprint density at radius 1 is 1.02 bits per heavy atom. The second kappa shape index (κ2) is 10.8. The van der Waals surface area contributed by atoms with Crippen LogP contribution in [0.15, 0.2) is 81.4 Å². The van der Waals surface area contributed by atoms with Crippen LogP contribution in [-0.2, 0) is 22.0 Å². The van der Waals surface area contributed by atoms with E-state index in [1.165, 1.54) is 15.8 Å². The number of nitrogens with zero attached hydrogens (tertiary/aromatic N) is 2. The largest absolute Gasteiger partial charge is 0.477 e. The second-order valence-corrected chi connectivity index (χ2v) is 13.1. The highest BCUT2D eigenvalue weighted by atomic mass is 32.2. The van der Waals surface area contributed by atoms with E-state index < -0.39 is 21.4 Å². The van der Waals surface area contributed by atoms with Crippen LogP contribution < -0.4 is 10.0 Å². The van der Waals surface area contributed by atoms with Gasteiger partial charge in [0, 0.05) is 42.5 Å². The average molecular weight is 602 g/mol. The van der Waals surface area contributed by atoms with Crippen LogP contribution in [0.3, 0.4) is 0 Å². The van der Waals surface area contributed by atoms with Crippen molar-refractivity contribution in [3.8, 4) is 11.8 Å². The SMILES string of the molecule is NCc1ccc2c(c1)C1(CCN(C(=O)c3ccc(C#Cc4ccccc4)o3)CC1)CN2S(=O)(=O)c1csc(C(=O)O)c1. The number of carbonyl (C=O) groups excluding carboxylic acids is 1. The van der Waals surface area contributed by atoms with E-state index in [4.69, 9.17) is 10.2 Å².